The topological polar surface area (TPSA) is 70.2 Å². The van der Waals surface area contributed by atoms with Crippen LogP contribution in [0.5, 0.6) is 0 Å². The smallest absolute Gasteiger partial charge is 0.251 e. The molecule has 2 rings (SSSR count). The monoisotopic (exact) mass is 347 g/mol. The number of amides is 2. The van der Waals surface area contributed by atoms with E-state index in [1.165, 1.54) is 13.1 Å². The van der Waals surface area contributed by atoms with Crippen LogP contribution in [0, 0.1) is 11.6 Å². The Hall–Kier alpha value is -2.80. The summed E-state index contributed by atoms with van der Waals surface area (Å²) in [7, 11) is 1.54. The van der Waals surface area contributed by atoms with Crippen molar-refractivity contribution in [2.45, 2.75) is 13.0 Å². The summed E-state index contributed by atoms with van der Waals surface area (Å²) < 4.78 is 26.2. The number of halogens is 2. The molecule has 0 spiro atoms. The normalized spacial score (nSPS) is 11.7. The van der Waals surface area contributed by atoms with Crippen molar-refractivity contribution in [2.24, 2.45) is 0 Å². The van der Waals surface area contributed by atoms with Crippen LogP contribution in [0.25, 0.3) is 0 Å². The van der Waals surface area contributed by atoms with Crippen molar-refractivity contribution in [2.75, 3.05) is 18.9 Å². The maximum Gasteiger partial charge on any atom is 0.251 e. The molecule has 2 aromatic rings. The van der Waals surface area contributed by atoms with Gasteiger partial charge in [-0.2, -0.15) is 0 Å². The first kappa shape index (κ1) is 18.5. The molecule has 0 aliphatic heterocycles. The number of hydrogen-bond acceptors (Lipinski definition) is 3. The average Bonchev–Trinajstić information content (AvgIpc) is 2.62. The maximum absolute atomic E-state index is 13.2. The van der Waals surface area contributed by atoms with Gasteiger partial charge in [0, 0.05) is 24.3 Å². The highest BCUT2D eigenvalue weighted by molar-refractivity contribution is 5.96. The molecule has 0 bridgehead atoms. The van der Waals surface area contributed by atoms with Gasteiger partial charge in [0.25, 0.3) is 5.91 Å². The highest BCUT2D eigenvalue weighted by Gasteiger charge is 2.11. The number of rotatable bonds is 6. The Morgan fingerprint density at radius 3 is 2.32 bits per heavy atom. The van der Waals surface area contributed by atoms with Gasteiger partial charge in [-0.05, 0) is 48.9 Å². The lowest BCUT2D eigenvalue weighted by Gasteiger charge is -2.14. The van der Waals surface area contributed by atoms with Crippen molar-refractivity contribution < 1.29 is 18.4 Å². The molecule has 0 aromatic heterocycles. The highest BCUT2D eigenvalue weighted by Crippen LogP contribution is 2.16. The number of benzene rings is 2. The molecule has 0 heterocycles. The minimum Gasteiger partial charge on any atom is -0.355 e. The number of carbonyl (C=O) groups excluding carboxylic acids is 2. The largest absolute Gasteiger partial charge is 0.355 e. The minimum atomic E-state index is -0.924. The van der Waals surface area contributed by atoms with Crippen LogP contribution in [0.2, 0.25) is 0 Å². The lowest BCUT2D eigenvalue weighted by atomic mass is 10.1. The molecule has 25 heavy (non-hydrogen) atoms. The third-order valence-corrected chi connectivity index (χ3v) is 3.67. The SMILES string of the molecule is CNC(=O)c1ccc(NC(=O)CN[C@@H](C)c2ccc(F)c(F)c2)cc1. The first-order valence-electron chi connectivity index (χ1n) is 7.71. The van der Waals surface area contributed by atoms with Crippen LogP contribution in [0.15, 0.2) is 42.5 Å². The van der Waals surface area contributed by atoms with E-state index in [-0.39, 0.29) is 24.4 Å². The quantitative estimate of drug-likeness (QED) is 0.752. The zero-order chi connectivity index (χ0) is 18.4. The van der Waals surface area contributed by atoms with Crippen LogP contribution in [0.1, 0.15) is 28.9 Å². The maximum atomic E-state index is 13.2. The highest BCUT2D eigenvalue weighted by atomic mass is 19.2. The molecule has 1 atom stereocenters. The third-order valence-electron chi connectivity index (χ3n) is 3.67. The predicted molar refractivity (Wildman–Crippen MR) is 91.2 cm³/mol. The Morgan fingerprint density at radius 2 is 1.72 bits per heavy atom. The van der Waals surface area contributed by atoms with Gasteiger partial charge in [-0.15, -0.1) is 0 Å². The molecule has 0 aliphatic carbocycles. The van der Waals surface area contributed by atoms with Gasteiger partial charge in [0.05, 0.1) is 6.54 Å². The van der Waals surface area contributed by atoms with Crippen LogP contribution in [0.3, 0.4) is 0 Å². The van der Waals surface area contributed by atoms with Gasteiger partial charge in [0.2, 0.25) is 5.91 Å². The van der Waals surface area contributed by atoms with Gasteiger partial charge < -0.3 is 16.0 Å². The summed E-state index contributed by atoms with van der Waals surface area (Å²) in [4.78, 5) is 23.4. The van der Waals surface area contributed by atoms with Crippen LogP contribution in [-0.2, 0) is 4.79 Å². The molecule has 132 valence electrons. The van der Waals surface area contributed by atoms with Crippen LogP contribution in [-0.4, -0.2) is 25.4 Å². The molecule has 0 radical (unpaired) electrons. The summed E-state index contributed by atoms with van der Waals surface area (Å²) in [6.45, 7) is 1.75. The molecule has 0 unspecified atom stereocenters. The fourth-order valence-electron chi connectivity index (χ4n) is 2.20. The van der Waals surface area contributed by atoms with Gasteiger partial charge in [0.15, 0.2) is 11.6 Å². The summed E-state index contributed by atoms with van der Waals surface area (Å²) in [5.41, 5.74) is 1.59. The number of hydrogen-bond donors (Lipinski definition) is 3. The molecule has 7 heteroatoms. The van der Waals surface area contributed by atoms with Crippen LogP contribution < -0.4 is 16.0 Å². The van der Waals surface area contributed by atoms with E-state index in [1.54, 1.807) is 31.2 Å². The third kappa shape index (κ3) is 5.09. The van der Waals surface area contributed by atoms with Crippen molar-refractivity contribution >= 4 is 17.5 Å². The van der Waals surface area contributed by atoms with Crippen molar-refractivity contribution in [3.8, 4) is 0 Å². The predicted octanol–water partition coefficient (Wildman–Crippen LogP) is 2.61. The second-order valence-electron chi connectivity index (χ2n) is 5.48. The summed E-state index contributed by atoms with van der Waals surface area (Å²) in [6.07, 6.45) is 0. The van der Waals surface area contributed by atoms with E-state index < -0.39 is 11.6 Å². The number of nitrogens with one attached hydrogen (secondary N) is 3. The number of carbonyl (C=O) groups is 2. The Bertz CT molecular complexity index is 763. The number of anilines is 1. The van der Waals surface area contributed by atoms with Gasteiger partial charge in [-0.3, -0.25) is 9.59 Å². The Kier molecular flexibility index (Phi) is 6.19. The van der Waals surface area contributed by atoms with E-state index in [2.05, 4.69) is 16.0 Å². The second kappa shape index (κ2) is 8.34. The molecule has 0 saturated carbocycles. The van der Waals surface area contributed by atoms with E-state index >= 15 is 0 Å². The molecule has 2 amide bonds. The van der Waals surface area contributed by atoms with Crippen molar-refractivity contribution in [3.05, 3.63) is 65.2 Å². The van der Waals surface area contributed by atoms with Gasteiger partial charge in [-0.1, -0.05) is 6.07 Å². The van der Waals surface area contributed by atoms with Gasteiger partial charge in [-0.25, -0.2) is 8.78 Å². The molecule has 2 aromatic carbocycles. The summed E-state index contributed by atoms with van der Waals surface area (Å²) in [5, 5.41) is 8.14. The molecule has 5 nitrogen and oxygen atoms in total. The molecule has 0 aliphatic rings. The van der Waals surface area contributed by atoms with Gasteiger partial charge in [0.1, 0.15) is 0 Å². The van der Waals surface area contributed by atoms with E-state index in [0.717, 1.165) is 12.1 Å². The standard InChI is InChI=1S/C18H19F2N3O2/c1-11(13-5-8-15(19)16(20)9-13)22-10-17(24)23-14-6-3-12(4-7-14)18(25)21-2/h3-9,11,22H,10H2,1-2H3,(H,21,25)(H,23,24)/t11-/m0/s1. The van der Waals surface area contributed by atoms with Crippen molar-refractivity contribution in [1.29, 1.82) is 0 Å². The summed E-state index contributed by atoms with van der Waals surface area (Å²) in [5.74, 6) is -2.33. The first-order chi connectivity index (χ1) is 11.9. The zero-order valence-electron chi connectivity index (χ0n) is 13.9. The van der Waals surface area contributed by atoms with Crippen LogP contribution >= 0.6 is 0 Å². The lowest BCUT2D eigenvalue weighted by molar-refractivity contribution is -0.115. The average molecular weight is 347 g/mol. The van der Waals surface area contributed by atoms with Crippen molar-refractivity contribution in [3.63, 3.8) is 0 Å². The fourth-order valence-corrected chi connectivity index (χ4v) is 2.20. The lowest BCUT2D eigenvalue weighted by Crippen LogP contribution is -2.30. The van der Waals surface area contributed by atoms with E-state index in [9.17, 15) is 18.4 Å². The van der Waals surface area contributed by atoms with E-state index in [0.29, 0.717) is 16.8 Å². The van der Waals surface area contributed by atoms with Crippen LogP contribution in [0.4, 0.5) is 14.5 Å². The zero-order valence-corrected chi connectivity index (χ0v) is 13.9. The Morgan fingerprint density at radius 1 is 1.04 bits per heavy atom. The van der Waals surface area contributed by atoms with Gasteiger partial charge >= 0.3 is 0 Å². The van der Waals surface area contributed by atoms with Crippen molar-refractivity contribution in [1.82, 2.24) is 10.6 Å². The summed E-state index contributed by atoms with van der Waals surface area (Å²) in [6, 6.07) is 9.75. The molecular weight excluding hydrogens is 328 g/mol. The Labute approximate surface area is 144 Å². The molecule has 0 saturated heterocycles. The minimum absolute atomic E-state index is 0.00262. The van der Waals surface area contributed by atoms with E-state index in [4.69, 9.17) is 0 Å². The summed E-state index contributed by atoms with van der Waals surface area (Å²) >= 11 is 0. The first-order valence-corrected chi connectivity index (χ1v) is 7.71. The molecule has 0 fully saturated rings. The Balaban J connectivity index is 1.87. The molecule has 3 N–H and O–H groups in total. The fraction of sp³-hybridized carbons (Fsp3) is 0.222. The molecular formula is C18H19F2N3O2. The van der Waals surface area contributed by atoms with E-state index in [1.807, 2.05) is 0 Å². The second-order valence-corrected chi connectivity index (χ2v) is 5.48.